The van der Waals surface area contributed by atoms with Crippen LogP contribution < -0.4 is 0 Å². The van der Waals surface area contributed by atoms with Gasteiger partial charge in [0, 0.05) is 10.9 Å². The zero-order chi connectivity index (χ0) is 10.6. The van der Waals surface area contributed by atoms with Crippen molar-refractivity contribution >= 4 is 21.9 Å². The van der Waals surface area contributed by atoms with Crippen LogP contribution in [0.4, 0.5) is 0 Å². The molecule has 14 heavy (non-hydrogen) atoms. The molecular formula is C11H13BrO2. The molecule has 2 nitrogen and oxygen atoms in total. The Balaban J connectivity index is 2.55. The lowest BCUT2D eigenvalue weighted by molar-refractivity contribution is -0.137. The smallest absolute Gasteiger partial charge is 0.303 e. The van der Waals surface area contributed by atoms with Crippen molar-refractivity contribution in [2.45, 2.75) is 19.8 Å². The molecule has 0 aliphatic heterocycles. The number of aliphatic carboxylic acids is 1. The topological polar surface area (TPSA) is 37.3 Å². The summed E-state index contributed by atoms with van der Waals surface area (Å²) in [6.45, 7) is 1.95. The fourth-order valence-electron chi connectivity index (χ4n) is 1.44. The maximum absolute atomic E-state index is 10.5. The van der Waals surface area contributed by atoms with Crippen LogP contribution >= 0.6 is 15.9 Å². The highest BCUT2D eigenvalue weighted by atomic mass is 79.9. The van der Waals surface area contributed by atoms with Crippen LogP contribution in [0.15, 0.2) is 28.7 Å². The lowest BCUT2D eigenvalue weighted by Gasteiger charge is -2.08. The van der Waals surface area contributed by atoms with Gasteiger partial charge in [-0.1, -0.05) is 35.0 Å². The molecule has 1 N–H and O–H groups in total. The molecule has 0 bridgehead atoms. The third kappa shape index (κ3) is 3.92. The second kappa shape index (κ2) is 5.15. The molecule has 0 spiro atoms. The Morgan fingerprint density at radius 2 is 2.29 bits per heavy atom. The summed E-state index contributed by atoms with van der Waals surface area (Å²) in [5.41, 5.74) is 1.17. The van der Waals surface area contributed by atoms with Gasteiger partial charge in [0.2, 0.25) is 0 Å². The lowest BCUT2D eigenvalue weighted by Crippen LogP contribution is -2.06. The molecule has 76 valence electrons. The van der Waals surface area contributed by atoms with E-state index in [0.717, 1.165) is 10.9 Å². The van der Waals surface area contributed by atoms with Gasteiger partial charge in [0.05, 0.1) is 0 Å². The average Bonchev–Trinajstić information content (AvgIpc) is 2.01. The van der Waals surface area contributed by atoms with Crippen LogP contribution in [0.5, 0.6) is 0 Å². The first-order chi connectivity index (χ1) is 6.58. The molecule has 0 saturated carbocycles. The van der Waals surface area contributed by atoms with Gasteiger partial charge in [-0.25, -0.2) is 0 Å². The van der Waals surface area contributed by atoms with E-state index in [1.165, 1.54) is 5.56 Å². The number of carboxylic acids is 1. The Morgan fingerprint density at radius 3 is 2.86 bits per heavy atom. The molecule has 3 heteroatoms. The van der Waals surface area contributed by atoms with Crippen molar-refractivity contribution in [2.24, 2.45) is 5.92 Å². The Hall–Kier alpha value is -0.830. The van der Waals surface area contributed by atoms with Gasteiger partial charge >= 0.3 is 5.97 Å². The second-order valence-electron chi connectivity index (χ2n) is 3.54. The van der Waals surface area contributed by atoms with E-state index in [1.807, 2.05) is 31.2 Å². The molecule has 0 aromatic heterocycles. The number of halogens is 1. The fourth-order valence-corrected chi connectivity index (χ4v) is 1.88. The standard InChI is InChI=1S/C11H13BrO2/c1-8(6-11(13)14)5-9-3-2-4-10(12)7-9/h2-4,7-8H,5-6H2,1H3,(H,13,14). The highest BCUT2D eigenvalue weighted by Crippen LogP contribution is 2.16. The van der Waals surface area contributed by atoms with Crippen molar-refractivity contribution < 1.29 is 9.90 Å². The number of benzene rings is 1. The third-order valence-corrected chi connectivity index (χ3v) is 2.49. The molecule has 0 fully saturated rings. The van der Waals surface area contributed by atoms with Gasteiger partial charge in [0.15, 0.2) is 0 Å². The van der Waals surface area contributed by atoms with Crippen molar-refractivity contribution in [3.63, 3.8) is 0 Å². The maximum Gasteiger partial charge on any atom is 0.303 e. The predicted octanol–water partition coefficient (Wildman–Crippen LogP) is 3.10. The number of carboxylic acid groups (broad SMARTS) is 1. The molecule has 0 aliphatic carbocycles. The molecule has 0 radical (unpaired) electrons. The molecule has 1 aromatic rings. The van der Waals surface area contributed by atoms with Crippen molar-refractivity contribution in [3.05, 3.63) is 34.3 Å². The van der Waals surface area contributed by atoms with Gasteiger partial charge < -0.3 is 5.11 Å². The van der Waals surface area contributed by atoms with Crippen LogP contribution in [0, 0.1) is 5.92 Å². The predicted molar refractivity (Wildman–Crippen MR) is 59.3 cm³/mol. The molecule has 0 aliphatic rings. The summed E-state index contributed by atoms with van der Waals surface area (Å²) in [5, 5.41) is 8.61. The second-order valence-corrected chi connectivity index (χ2v) is 4.45. The molecule has 0 heterocycles. The lowest BCUT2D eigenvalue weighted by atomic mass is 9.98. The summed E-state index contributed by atoms with van der Waals surface area (Å²) in [6.07, 6.45) is 1.04. The highest BCUT2D eigenvalue weighted by Gasteiger charge is 2.08. The fraction of sp³-hybridized carbons (Fsp3) is 0.364. The molecule has 0 saturated heterocycles. The summed E-state index contributed by atoms with van der Waals surface area (Å²) in [7, 11) is 0. The Kier molecular flexibility index (Phi) is 4.14. The molecule has 1 aromatic carbocycles. The summed E-state index contributed by atoms with van der Waals surface area (Å²) in [5.74, 6) is -0.547. The minimum atomic E-state index is -0.729. The molecular weight excluding hydrogens is 244 g/mol. The van der Waals surface area contributed by atoms with E-state index in [4.69, 9.17) is 5.11 Å². The first kappa shape index (κ1) is 11.2. The third-order valence-electron chi connectivity index (χ3n) is 2.00. The van der Waals surface area contributed by atoms with Crippen LogP contribution in [0.2, 0.25) is 0 Å². The Bertz CT molecular complexity index is 323. The van der Waals surface area contributed by atoms with Crippen molar-refractivity contribution in [3.8, 4) is 0 Å². The minimum Gasteiger partial charge on any atom is -0.481 e. The summed E-state index contributed by atoms with van der Waals surface area (Å²) < 4.78 is 1.04. The quantitative estimate of drug-likeness (QED) is 0.899. The largest absolute Gasteiger partial charge is 0.481 e. The van der Waals surface area contributed by atoms with E-state index in [2.05, 4.69) is 15.9 Å². The summed E-state index contributed by atoms with van der Waals surface area (Å²) in [6, 6.07) is 7.97. The minimum absolute atomic E-state index is 0.182. The summed E-state index contributed by atoms with van der Waals surface area (Å²) in [4.78, 5) is 10.5. The van der Waals surface area contributed by atoms with Crippen LogP contribution in [0.3, 0.4) is 0 Å². The molecule has 1 unspecified atom stereocenters. The van der Waals surface area contributed by atoms with Crippen LogP contribution in [0.25, 0.3) is 0 Å². The summed E-state index contributed by atoms with van der Waals surface area (Å²) >= 11 is 3.39. The first-order valence-electron chi connectivity index (χ1n) is 4.54. The number of rotatable bonds is 4. The van der Waals surface area contributed by atoms with E-state index >= 15 is 0 Å². The van der Waals surface area contributed by atoms with Crippen molar-refractivity contribution in [1.29, 1.82) is 0 Å². The normalized spacial score (nSPS) is 12.4. The van der Waals surface area contributed by atoms with Gasteiger partial charge in [-0.05, 0) is 30.0 Å². The van der Waals surface area contributed by atoms with E-state index < -0.39 is 5.97 Å². The average molecular weight is 257 g/mol. The van der Waals surface area contributed by atoms with Gasteiger partial charge in [-0.2, -0.15) is 0 Å². The molecule has 0 amide bonds. The van der Waals surface area contributed by atoms with E-state index in [0.29, 0.717) is 0 Å². The van der Waals surface area contributed by atoms with Gasteiger partial charge in [0.1, 0.15) is 0 Å². The van der Waals surface area contributed by atoms with Gasteiger partial charge in [0.25, 0.3) is 0 Å². The van der Waals surface area contributed by atoms with E-state index in [-0.39, 0.29) is 12.3 Å². The van der Waals surface area contributed by atoms with Crippen LogP contribution in [-0.4, -0.2) is 11.1 Å². The number of hydrogen-bond donors (Lipinski definition) is 1. The van der Waals surface area contributed by atoms with Crippen molar-refractivity contribution in [1.82, 2.24) is 0 Å². The van der Waals surface area contributed by atoms with E-state index in [1.54, 1.807) is 0 Å². The number of carbonyl (C=O) groups is 1. The van der Waals surface area contributed by atoms with Crippen LogP contribution in [0.1, 0.15) is 18.9 Å². The monoisotopic (exact) mass is 256 g/mol. The molecule has 1 atom stereocenters. The van der Waals surface area contributed by atoms with Crippen LogP contribution in [-0.2, 0) is 11.2 Å². The zero-order valence-electron chi connectivity index (χ0n) is 8.03. The highest BCUT2D eigenvalue weighted by molar-refractivity contribution is 9.10. The van der Waals surface area contributed by atoms with Gasteiger partial charge in [-0.15, -0.1) is 0 Å². The van der Waals surface area contributed by atoms with Crippen molar-refractivity contribution in [2.75, 3.05) is 0 Å². The SMILES string of the molecule is CC(CC(=O)O)Cc1cccc(Br)c1. The first-order valence-corrected chi connectivity index (χ1v) is 5.33. The zero-order valence-corrected chi connectivity index (χ0v) is 9.62. The Labute approximate surface area is 92.1 Å². The molecule has 1 rings (SSSR count). The maximum atomic E-state index is 10.5. The van der Waals surface area contributed by atoms with Gasteiger partial charge in [-0.3, -0.25) is 4.79 Å². The number of hydrogen-bond acceptors (Lipinski definition) is 1. The Morgan fingerprint density at radius 1 is 1.57 bits per heavy atom. The van der Waals surface area contributed by atoms with E-state index in [9.17, 15) is 4.79 Å².